The summed E-state index contributed by atoms with van der Waals surface area (Å²) in [4.78, 5) is 8.95. The predicted octanol–water partition coefficient (Wildman–Crippen LogP) is 3.79. The monoisotopic (exact) mass is 297 g/mol. The van der Waals surface area contributed by atoms with E-state index in [4.69, 9.17) is 0 Å². The minimum atomic E-state index is 0.136. The van der Waals surface area contributed by atoms with Gasteiger partial charge in [-0.05, 0) is 55.0 Å². The summed E-state index contributed by atoms with van der Waals surface area (Å²) in [5.41, 5.74) is 0.136. The molecule has 17 heavy (non-hydrogen) atoms. The fourth-order valence-corrected chi connectivity index (χ4v) is 2.52. The highest BCUT2D eigenvalue weighted by Gasteiger charge is 2.37. The molecule has 0 aromatic carbocycles. The molecule has 1 fully saturated rings. The topological polar surface area (TPSA) is 37.8 Å². The molecule has 3 nitrogen and oxygen atoms in total. The Labute approximate surface area is 112 Å². The first-order valence-electron chi connectivity index (χ1n) is 6.33. The van der Waals surface area contributed by atoms with Crippen molar-refractivity contribution in [2.45, 2.75) is 52.0 Å². The van der Waals surface area contributed by atoms with Crippen LogP contribution in [0.4, 0.5) is 5.82 Å². The second kappa shape index (κ2) is 4.92. The van der Waals surface area contributed by atoms with Crippen LogP contribution in [-0.2, 0) is 6.42 Å². The van der Waals surface area contributed by atoms with Crippen LogP contribution in [0.15, 0.2) is 10.7 Å². The Morgan fingerprint density at radius 1 is 1.41 bits per heavy atom. The number of rotatable bonds is 5. The first kappa shape index (κ1) is 12.8. The Kier molecular flexibility index (Phi) is 3.71. The third-order valence-electron chi connectivity index (χ3n) is 3.26. The SMILES string of the molecule is CCCc1nc(Br)cc(NC(C)(C)C2CC2)n1. The van der Waals surface area contributed by atoms with E-state index in [1.165, 1.54) is 12.8 Å². The van der Waals surface area contributed by atoms with Crippen LogP contribution < -0.4 is 5.32 Å². The molecule has 1 aromatic heterocycles. The zero-order chi connectivity index (χ0) is 12.5. The lowest BCUT2D eigenvalue weighted by molar-refractivity contribution is 0.492. The van der Waals surface area contributed by atoms with E-state index in [2.05, 4.69) is 52.0 Å². The Bertz CT molecular complexity index is 400. The second-order valence-electron chi connectivity index (χ2n) is 5.36. The summed E-state index contributed by atoms with van der Waals surface area (Å²) >= 11 is 3.45. The number of hydrogen-bond acceptors (Lipinski definition) is 3. The van der Waals surface area contributed by atoms with E-state index in [1.807, 2.05) is 6.07 Å². The van der Waals surface area contributed by atoms with Gasteiger partial charge in [0.05, 0.1) is 0 Å². The fraction of sp³-hybridized carbons (Fsp3) is 0.692. The molecule has 2 rings (SSSR count). The summed E-state index contributed by atoms with van der Waals surface area (Å²) in [5.74, 6) is 2.63. The molecule has 1 aromatic rings. The highest BCUT2D eigenvalue weighted by molar-refractivity contribution is 9.10. The van der Waals surface area contributed by atoms with Gasteiger partial charge in [0.25, 0.3) is 0 Å². The summed E-state index contributed by atoms with van der Waals surface area (Å²) < 4.78 is 0.866. The zero-order valence-corrected chi connectivity index (χ0v) is 12.3. The van der Waals surface area contributed by atoms with Gasteiger partial charge in [0.2, 0.25) is 0 Å². The highest BCUT2D eigenvalue weighted by Crippen LogP contribution is 2.40. The molecule has 0 aliphatic heterocycles. The summed E-state index contributed by atoms with van der Waals surface area (Å²) in [7, 11) is 0. The summed E-state index contributed by atoms with van der Waals surface area (Å²) in [5, 5.41) is 3.54. The summed E-state index contributed by atoms with van der Waals surface area (Å²) in [6.07, 6.45) is 4.65. The zero-order valence-electron chi connectivity index (χ0n) is 10.8. The first-order valence-corrected chi connectivity index (χ1v) is 7.12. The lowest BCUT2D eigenvalue weighted by Crippen LogP contribution is -2.33. The van der Waals surface area contributed by atoms with Gasteiger partial charge >= 0.3 is 0 Å². The van der Waals surface area contributed by atoms with Crippen molar-refractivity contribution >= 4 is 21.7 Å². The number of hydrogen-bond donors (Lipinski definition) is 1. The van der Waals surface area contributed by atoms with Gasteiger partial charge in [-0.2, -0.15) is 0 Å². The quantitative estimate of drug-likeness (QED) is 0.840. The fourth-order valence-electron chi connectivity index (χ4n) is 2.10. The van der Waals surface area contributed by atoms with Gasteiger partial charge in [-0.25, -0.2) is 9.97 Å². The smallest absolute Gasteiger partial charge is 0.132 e. The van der Waals surface area contributed by atoms with Crippen LogP contribution in [0.25, 0.3) is 0 Å². The van der Waals surface area contributed by atoms with Crippen molar-refractivity contribution in [3.63, 3.8) is 0 Å². The third kappa shape index (κ3) is 3.41. The van der Waals surface area contributed by atoms with Gasteiger partial charge in [-0.1, -0.05) is 6.92 Å². The van der Waals surface area contributed by atoms with Crippen LogP contribution in [0.1, 0.15) is 45.9 Å². The molecule has 4 heteroatoms. The average Bonchev–Trinajstić information content (AvgIpc) is 2.98. The van der Waals surface area contributed by atoms with Crippen molar-refractivity contribution in [2.75, 3.05) is 5.32 Å². The molecule has 1 N–H and O–H groups in total. The molecule has 0 amide bonds. The lowest BCUT2D eigenvalue weighted by Gasteiger charge is -2.27. The molecule has 0 unspecified atom stereocenters. The largest absolute Gasteiger partial charge is 0.365 e. The minimum Gasteiger partial charge on any atom is -0.365 e. The Hall–Kier alpha value is -0.640. The first-order chi connectivity index (χ1) is 8.01. The normalized spacial score (nSPS) is 16.0. The molecule has 1 aliphatic carbocycles. The van der Waals surface area contributed by atoms with Crippen LogP contribution >= 0.6 is 15.9 Å². The molecule has 0 spiro atoms. The molecule has 0 atom stereocenters. The number of aromatic nitrogens is 2. The van der Waals surface area contributed by atoms with Crippen LogP contribution in [0, 0.1) is 5.92 Å². The van der Waals surface area contributed by atoms with E-state index in [0.717, 1.165) is 35.0 Å². The average molecular weight is 298 g/mol. The molecule has 1 saturated carbocycles. The van der Waals surface area contributed by atoms with Gasteiger partial charge in [-0.3, -0.25) is 0 Å². The predicted molar refractivity (Wildman–Crippen MR) is 74.2 cm³/mol. The van der Waals surface area contributed by atoms with Crippen molar-refractivity contribution in [3.8, 4) is 0 Å². The maximum Gasteiger partial charge on any atom is 0.132 e. The number of aryl methyl sites for hydroxylation is 1. The van der Waals surface area contributed by atoms with Crippen molar-refractivity contribution in [1.29, 1.82) is 0 Å². The van der Waals surface area contributed by atoms with Gasteiger partial charge in [0.1, 0.15) is 16.2 Å². The van der Waals surface area contributed by atoms with E-state index in [0.29, 0.717) is 0 Å². The minimum absolute atomic E-state index is 0.136. The van der Waals surface area contributed by atoms with Crippen LogP contribution in [0.5, 0.6) is 0 Å². The maximum atomic E-state index is 4.57. The van der Waals surface area contributed by atoms with Gasteiger partial charge < -0.3 is 5.32 Å². The summed E-state index contributed by atoms with van der Waals surface area (Å²) in [6.45, 7) is 6.64. The standard InChI is InChI=1S/C13H20BrN3/c1-4-5-11-15-10(14)8-12(16-11)17-13(2,3)9-6-7-9/h8-9H,4-7H2,1-3H3,(H,15,16,17). The van der Waals surface area contributed by atoms with Gasteiger partial charge in [0.15, 0.2) is 0 Å². The van der Waals surface area contributed by atoms with E-state index in [1.54, 1.807) is 0 Å². The Morgan fingerprint density at radius 2 is 2.12 bits per heavy atom. The maximum absolute atomic E-state index is 4.57. The molecular weight excluding hydrogens is 278 g/mol. The van der Waals surface area contributed by atoms with E-state index >= 15 is 0 Å². The van der Waals surface area contributed by atoms with E-state index in [-0.39, 0.29) is 5.54 Å². The Balaban J connectivity index is 2.14. The van der Waals surface area contributed by atoms with Crippen LogP contribution in [0.3, 0.4) is 0 Å². The Morgan fingerprint density at radius 3 is 2.71 bits per heavy atom. The molecule has 0 radical (unpaired) electrons. The molecule has 0 bridgehead atoms. The van der Waals surface area contributed by atoms with E-state index < -0.39 is 0 Å². The van der Waals surface area contributed by atoms with E-state index in [9.17, 15) is 0 Å². The number of halogens is 1. The second-order valence-corrected chi connectivity index (χ2v) is 6.18. The van der Waals surface area contributed by atoms with Crippen LogP contribution in [0.2, 0.25) is 0 Å². The van der Waals surface area contributed by atoms with Crippen LogP contribution in [-0.4, -0.2) is 15.5 Å². The van der Waals surface area contributed by atoms with Crippen molar-refractivity contribution in [3.05, 3.63) is 16.5 Å². The third-order valence-corrected chi connectivity index (χ3v) is 3.67. The number of anilines is 1. The van der Waals surface area contributed by atoms with Crippen molar-refractivity contribution < 1.29 is 0 Å². The van der Waals surface area contributed by atoms with Crippen molar-refractivity contribution in [2.24, 2.45) is 5.92 Å². The molecule has 1 heterocycles. The molecule has 0 saturated heterocycles. The number of nitrogens with one attached hydrogen (secondary N) is 1. The summed E-state index contributed by atoms with van der Waals surface area (Å²) in [6, 6.07) is 1.96. The van der Waals surface area contributed by atoms with Crippen molar-refractivity contribution in [1.82, 2.24) is 9.97 Å². The molecule has 94 valence electrons. The number of nitrogens with zero attached hydrogens (tertiary/aromatic N) is 2. The van der Waals surface area contributed by atoms with Gasteiger partial charge in [-0.15, -0.1) is 0 Å². The molecule has 1 aliphatic rings. The highest BCUT2D eigenvalue weighted by atomic mass is 79.9. The van der Waals surface area contributed by atoms with Gasteiger partial charge in [0, 0.05) is 18.0 Å². The lowest BCUT2D eigenvalue weighted by atomic mass is 9.99. The molecular formula is C13H20BrN3.